The molecule has 0 atom stereocenters. The number of ether oxygens (including phenoxy) is 2. The zero-order chi connectivity index (χ0) is 14.3. The molecule has 6 heteroatoms. The third-order valence-corrected chi connectivity index (χ3v) is 2.62. The van der Waals surface area contributed by atoms with Gasteiger partial charge in [-0.25, -0.2) is 0 Å². The van der Waals surface area contributed by atoms with E-state index in [1.165, 1.54) is 12.0 Å². The Bertz CT molecular complexity index is 426. The number of esters is 1. The molecular weight excluding hydrogens is 250 g/mol. The molecule has 1 rings (SSSR count). The Balaban J connectivity index is 2.66. The minimum atomic E-state index is -0.356. The Kier molecular flexibility index (Phi) is 6.08. The lowest BCUT2D eigenvalue weighted by molar-refractivity contribution is -0.140. The second kappa shape index (κ2) is 7.58. The van der Waals surface area contributed by atoms with Crippen LogP contribution in [0.1, 0.15) is 22.7 Å². The summed E-state index contributed by atoms with van der Waals surface area (Å²) in [5.41, 5.74) is 0. The first-order valence-electron chi connectivity index (χ1n) is 6.00. The summed E-state index contributed by atoms with van der Waals surface area (Å²) in [6.45, 7) is 2.83. The second-order valence-corrected chi connectivity index (χ2v) is 4.02. The largest absolute Gasteiger partial charge is 0.469 e. The molecule has 6 nitrogen and oxygen atoms in total. The molecule has 106 valence electrons. The quantitative estimate of drug-likeness (QED) is 0.697. The number of aryl methyl sites for hydroxylation is 1. The van der Waals surface area contributed by atoms with E-state index in [0.29, 0.717) is 18.9 Å². The van der Waals surface area contributed by atoms with Crippen molar-refractivity contribution in [2.24, 2.45) is 0 Å². The Morgan fingerprint density at radius 3 is 2.53 bits per heavy atom. The van der Waals surface area contributed by atoms with Crippen molar-refractivity contribution < 1.29 is 23.5 Å². The van der Waals surface area contributed by atoms with Crippen LogP contribution < -0.4 is 0 Å². The van der Waals surface area contributed by atoms with Crippen LogP contribution in [0.5, 0.6) is 0 Å². The van der Waals surface area contributed by atoms with Crippen molar-refractivity contribution in [1.29, 1.82) is 0 Å². The fraction of sp³-hybridized carbons (Fsp3) is 0.538. The third-order valence-electron chi connectivity index (χ3n) is 2.62. The molecule has 0 N–H and O–H groups in total. The van der Waals surface area contributed by atoms with Gasteiger partial charge in [-0.2, -0.15) is 0 Å². The van der Waals surface area contributed by atoms with Gasteiger partial charge in [-0.1, -0.05) is 0 Å². The highest BCUT2D eigenvalue weighted by Gasteiger charge is 2.19. The van der Waals surface area contributed by atoms with Crippen LogP contribution in [0, 0.1) is 6.92 Å². The van der Waals surface area contributed by atoms with Gasteiger partial charge < -0.3 is 18.8 Å². The highest BCUT2D eigenvalue weighted by Crippen LogP contribution is 2.10. The first kappa shape index (κ1) is 15.2. The average molecular weight is 269 g/mol. The molecule has 0 radical (unpaired) electrons. The number of methoxy groups -OCH3 is 2. The summed E-state index contributed by atoms with van der Waals surface area (Å²) in [4.78, 5) is 24.8. The minimum absolute atomic E-state index is 0.144. The Morgan fingerprint density at radius 1 is 1.26 bits per heavy atom. The molecule has 1 aromatic rings. The smallest absolute Gasteiger partial charge is 0.307 e. The van der Waals surface area contributed by atoms with Crippen LogP contribution >= 0.6 is 0 Å². The summed E-state index contributed by atoms with van der Waals surface area (Å²) in [7, 11) is 2.87. The number of hydrogen-bond donors (Lipinski definition) is 0. The van der Waals surface area contributed by atoms with Gasteiger partial charge in [0.15, 0.2) is 5.76 Å². The predicted octanol–water partition coefficient (Wildman–Crippen LogP) is 1.24. The number of rotatable bonds is 7. The minimum Gasteiger partial charge on any atom is -0.469 e. The molecule has 0 saturated heterocycles. The van der Waals surface area contributed by atoms with Gasteiger partial charge in [0.1, 0.15) is 5.76 Å². The van der Waals surface area contributed by atoms with Gasteiger partial charge in [0, 0.05) is 20.2 Å². The molecule has 0 saturated carbocycles. The van der Waals surface area contributed by atoms with E-state index in [0.717, 1.165) is 0 Å². The lowest BCUT2D eigenvalue weighted by Gasteiger charge is -2.20. The zero-order valence-electron chi connectivity index (χ0n) is 11.5. The second-order valence-electron chi connectivity index (χ2n) is 4.02. The van der Waals surface area contributed by atoms with E-state index in [2.05, 4.69) is 4.74 Å². The SMILES string of the molecule is COCCN(CCC(=O)OC)C(=O)c1ccc(C)o1. The molecule has 0 fully saturated rings. The molecule has 19 heavy (non-hydrogen) atoms. The molecule has 0 bridgehead atoms. The molecule has 0 aliphatic heterocycles. The van der Waals surface area contributed by atoms with Gasteiger partial charge >= 0.3 is 5.97 Å². The summed E-state index contributed by atoms with van der Waals surface area (Å²) in [6, 6.07) is 3.34. The summed E-state index contributed by atoms with van der Waals surface area (Å²) in [5, 5.41) is 0. The van der Waals surface area contributed by atoms with E-state index in [1.807, 2.05) is 0 Å². The van der Waals surface area contributed by atoms with Crippen LogP contribution in [0.25, 0.3) is 0 Å². The van der Waals surface area contributed by atoms with Crippen LogP contribution in [0.3, 0.4) is 0 Å². The van der Waals surface area contributed by atoms with Gasteiger partial charge in [-0.3, -0.25) is 9.59 Å². The first-order chi connectivity index (χ1) is 9.08. The molecule has 0 unspecified atom stereocenters. The number of amides is 1. The molecule has 1 amide bonds. The molecule has 0 aromatic carbocycles. The standard InChI is InChI=1S/C13H19NO5/c1-10-4-5-11(19-10)13(16)14(8-9-17-2)7-6-12(15)18-3/h4-5H,6-9H2,1-3H3. The number of carbonyl (C=O) groups excluding carboxylic acids is 2. The summed E-state index contributed by atoms with van der Waals surface area (Å²) in [5.74, 6) is 0.321. The molecular formula is C13H19NO5. The average Bonchev–Trinajstić information content (AvgIpc) is 2.84. The maximum absolute atomic E-state index is 12.2. The van der Waals surface area contributed by atoms with Gasteiger partial charge in [0.2, 0.25) is 0 Å². The van der Waals surface area contributed by atoms with Gasteiger partial charge in [0.05, 0.1) is 20.1 Å². The first-order valence-corrected chi connectivity index (χ1v) is 6.00. The van der Waals surface area contributed by atoms with Crippen LogP contribution in [-0.2, 0) is 14.3 Å². The van der Waals surface area contributed by atoms with Crippen molar-refractivity contribution in [3.8, 4) is 0 Å². The summed E-state index contributed by atoms with van der Waals surface area (Å²) < 4.78 is 14.8. The molecule has 0 aliphatic rings. The predicted molar refractivity (Wildman–Crippen MR) is 67.9 cm³/mol. The highest BCUT2D eigenvalue weighted by molar-refractivity contribution is 5.91. The van der Waals surface area contributed by atoms with E-state index in [4.69, 9.17) is 9.15 Å². The van der Waals surface area contributed by atoms with Crippen molar-refractivity contribution >= 4 is 11.9 Å². The fourth-order valence-corrected chi connectivity index (χ4v) is 1.55. The topological polar surface area (TPSA) is 69.0 Å². The highest BCUT2D eigenvalue weighted by atomic mass is 16.5. The van der Waals surface area contributed by atoms with E-state index in [-0.39, 0.29) is 30.6 Å². The van der Waals surface area contributed by atoms with Crippen LogP contribution in [0.4, 0.5) is 0 Å². The Labute approximate surface area is 112 Å². The number of carbonyl (C=O) groups is 2. The van der Waals surface area contributed by atoms with Crippen molar-refractivity contribution in [3.63, 3.8) is 0 Å². The van der Waals surface area contributed by atoms with E-state index in [1.54, 1.807) is 26.2 Å². The lowest BCUT2D eigenvalue weighted by atomic mass is 10.3. The zero-order valence-corrected chi connectivity index (χ0v) is 11.5. The van der Waals surface area contributed by atoms with Crippen LogP contribution in [0.15, 0.2) is 16.5 Å². The normalized spacial score (nSPS) is 10.3. The van der Waals surface area contributed by atoms with Crippen molar-refractivity contribution in [2.45, 2.75) is 13.3 Å². The summed E-state index contributed by atoms with van der Waals surface area (Å²) in [6.07, 6.45) is 0.144. The number of furan rings is 1. The lowest BCUT2D eigenvalue weighted by Crippen LogP contribution is -2.35. The van der Waals surface area contributed by atoms with Crippen LogP contribution in [0.2, 0.25) is 0 Å². The Hall–Kier alpha value is -1.82. The Morgan fingerprint density at radius 2 is 2.00 bits per heavy atom. The van der Waals surface area contributed by atoms with E-state index < -0.39 is 0 Å². The van der Waals surface area contributed by atoms with Crippen molar-refractivity contribution in [3.05, 3.63) is 23.7 Å². The van der Waals surface area contributed by atoms with Crippen molar-refractivity contribution in [2.75, 3.05) is 33.9 Å². The molecule has 1 heterocycles. The fourth-order valence-electron chi connectivity index (χ4n) is 1.55. The molecule has 0 spiro atoms. The number of nitrogens with zero attached hydrogens (tertiary/aromatic N) is 1. The summed E-state index contributed by atoms with van der Waals surface area (Å²) >= 11 is 0. The van der Waals surface area contributed by atoms with Crippen LogP contribution in [-0.4, -0.2) is 50.7 Å². The van der Waals surface area contributed by atoms with Gasteiger partial charge in [-0.05, 0) is 19.1 Å². The maximum Gasteiger partial charge on any atom is 0.307 e. The monoisotopic (exact) mass is 269 g/mol. The molecule has 0 aliphatic carbocycles. The van der Waals surface area contributed by atoms with Gasteiger partial charge in [-0.15, -0.1) is 0 Å². The number of hydrogen-bond acceptors (Lipinski definition) is 5. The third kappa shape index (κ3) is 4.75. The van der Waals surface area contributed by atoms with Crippen molar-refractivity contribution in [1.82, 2.24) is 4.90 Å². The maximum atomic E-state index is 12.2. The van der Waals surface area contributed by atoms with E-state index >= 15 is 0 Å². The molecule has 1 aromatic heterocycles. The van der Waals surface area contributed by atoms with Gasteiger partial charge in [0.25, 0.3) is 5.91 Å². The van der Waals surface area contributed by atoms with E-state index in [9.17, 15) is 9.59 Å².